The number of hydrogen-bond donors (Lipinski definition) is 1. The van der Waals surface area contributed by atoms with Crippen LogP contribution in [-0.2, 0) is 14.8 Å². The summed E-state index contributed by atoms with van der Waals surface area (Å²) in [5.41, 5.74) is 1.85. The monoisotopic (exact) mass is 467 g/mol. The summed E-state index contributed by atoms with van der Waals surface area (Å²) in [5.74, 6) is 0.913. The van der Waals surface area contributed by atoms with E-state index in [0.717, 1.165) is 30.3 Å². The number of thioether (sulfide) groups is 1. The van der Waals surface area contributed by atoms with Crippen LogP contribution in [0, 0.1) is 0 Å². The van der Waals surface area contributed by atoms with Gasteiger partial charge in [0.05, 0.1) is 22.9 Å². The molecule has 2 aliphatic rings. The number of nitrogens with zero attached hydrogens (tertiary/aromatic N) is 3. The lowest BCUT2D eigenvalue weighted by molar-refractivity contribution is -0.122. The molecule has 162 valence electrons. The van der Waals surface area contributed by atoms with Crippen LogP contribution in [0.1, 0.15) is 27.7 Å². The van der Waals surface area contributed by atoms with Crippen LogP contribution >= 0.6 is 24.0 Å². The molecular weight excluding hydrogens is 440 g/mol. The van der Waals surface area contributed by atoms with E-state index in [1.807, 2.05) is 32.1 Å². The first-order chi connectivity index (χ1) is 14.1. The Morgan fingerprint density at radius 3 is 2.23 bits per heavy atom. The number of amides is 1. The molecule has 3 rings (SSSR count). The Morgan fingerprint density at radius 1 is 1.10 bits per heavy atom. The number of nitrogens with two attached hydrogens (primary N) is 1. The minimum atomic E-state index is -3.80. The van der Waals surface area contributed by atoms with Gasteiger partial charge in [-0.15, -0.1) is 0 Å². The maximum atomic E-state index is 12.6. The Balaban J connectivity index is 2.16. The van der Waals surface area contributed by atoms with Crippen molar-refractivity contribution in [1.82, 2.24) is 9.38 Å². The number of sulfonamides is 1. The summed E-state index contributed by atoms with van der Waals surface area (Å²) in [5, 5.41) is 5.37. The second kappa shape index (κ2) is 8.43. The van der Waals surface area contributed by atoms with E-state index in [1.165, 1.54) is 11.8 Å². The van der Waals surface area contributed by atoms with Crippen LogP contribution in [0.15, 0.2) is 46.0 Å². The largest absolute Gasteiger partial charge is 0.293 e. The summed E-state index contributed by atoms with van der Waals surface area (Å²) in [6, 6.07) is 5.06. The van der Waals surface area contributed by atoms with E-state index in [2.05, 4.69) is 18.7 Å². The number of likely N-dealkylation sites (N-methyl/N-ethyl adjacent to an activating group) is 1. The second-order valence-corrected chi connectivity index (χ2v) is 10.3. The SMILES string of the molecule is CCN1C(=O)/C(=C/C=C2/N(CC)c3cc(S(N)(=O)=O)ccc3[N+]2(CC)CC)SC1=S. The number of carbonyl (C=O) groups is 1. The number of allylic oxidation sites excluding steroid dienone is 2. The van der Waals surface area contributed by atoms with Crippen LogP contribution in [0.3, 0.4) is 0 Å². The van der Waals surface area contributed by atoms with Crippen molar-refractivity contribution in [1.29, 1.82) is 0 Å². The Hall–Kier alpha value is -1.72. The van der Waals surface area contributed by atoms with Crippen molar-refractivity contribution < 1.29 is 13.2 Å². The van der Waals surface area contributed by atoms with E-state index >= 15 is 0 Å². The molecule has 1 fully saturated rings. The van der Waals surface area contributed by atoms with Gasteiger partial charge in [0, 0.05) is 25.2 Å². The van der Waals surface area contributed by atoms with Gasteiger partial charge in [-0.25, -0.2) is 18.0 Å². The van der Waals surface area contributed by atoms with E-state index < -0.39 is 10.0 Å². The van der Waals surface area contributed by atoms with Crippen molar-refractivity contribution in [3.8, 4) is 0 Å². The van der Waals surface area contributed by atoms with Gasteiger partial charge >= 0.3 is 0 Å². The lowest BCUT2D eigenvalue weighted by atomic mass is 10.2. The predicted molar refractivity (Wildman–Crippen MR) is 127 cm³/mol. The topological polar surface area (TPSA) is 83.7 Å². The highest BCUT2D eigenvalue weighted by Gasteiger charge is 2.46. The third-order valence-corrected chi connectivity index (χ3v) is 8.02. The number of hydrogen-bond acceptors (Lipinski definition) is 6. The minimum Gasteiger partial charge on any atom is -0.293 e. The number of anilines is 1. The third kappa shape index (κ3) is 3.60. The molecule has 1 saturated heterocycles. The van der Waals surface area contributed by atoms with E-state index in [1.54, 1.807) is 17.0 Å². The average Bonchev–Trinajstić information content (AvgIpc) is 3.14. The molecule has 7 nitrogen and oxygen atoms in total. The fourth-order valence-electron chi connectivity index (χ4n) is 4.13. The van der Waals surface area contributed by atoms with Gasteiger partial charge in [0.1, 0.15) is 10.0 Å². The van der Waals surface area contributed by atoms with Crippen molar-refractivity contribution in [2.75, 3.05) is 31.1 Å². The highest BCUT2D eigenvalue weighted by atomic mass is 32.2. The summed E-state index contributed by atoms with van der Waals surface area (Å²) < 4.78 is 24.9. The molecule has 1 aromatic rings. The lowest BCUT2D eigenvalue weighted by Crippen LogP contribution is -2.48. The summed E-state index contributed by atoms with van der Waals surface area (Å²) >= 11 is 6.62. The van der Waals surface area contributed by atoms with Crippen LogP contribution in [0.4, 0.5) is 11.4 Å². The molecule has 0 atom stereocenters. The number of primary sulfonamides is 1. The molecule has 0 spiro atoms. The number of rotatable bonds is 6. The average molecular weight is 468 g/mol. The summed E-state index contributed by atoms with van der Waals surface area (Å²) in [4.78, 5) is 17.0. The highest BCUT2D eigenvalue weighted by molar-refractivity contribution is 8.26. The van der Waals surface area contributed by atoms with Crippen molar-refractivity contribution >= 4 is 55.6 Å². The molecular formula is C20H27N4O3S3+. The molecule has 30 heavy (non-hydrogen) atoms. The summed E-state index contributed by atoms with van der Waals surface area (Å²) in [6.45, 7) is 10.9. The number of carbonyl (C=O) groups excluding carboxylic acids is 1. The van der Waals surface area contributed by atoms with Gasteiger partial charge in [-0.1, -0.05) is 24.0 Å². The van der Waals surface area contributed by atoms with Gasteiger partial charge in [-0.05, 0) is 45.9 Å². The van der Waals surface area contributed by atoms with Gasteiger partial charge < -0.3 is 0 Å². The van der Waals surface area contributed by atoms with Gasteiger partial charge in [0.15, 0.2) is 5.69 Å². The Bertz CT molecular complexity index is 1060. The first kappa shape index (κ1) is 23.0. The number of thiocarbonyl (C=S) groups is 1. The molecule has 0 aromatic heterocycles. The molecule has 1 amide bonds. The second-order valence-electron chi connectivity index (χ2n) is 7.01. The summed E-state index contributed by atoms with van der Waals surface area (Å²) in [6.07, 6.45) is 3.80. The van der Waals surface area contributed by atoms with Gasteiger partial charge in [-0.3, -0.25) is 14.6 Å². The normalized spacial score (nSPS) is 21.2. The quantitative estimate of drug-likeness (QED) is 0.393. The molecule has 0 radical (unpaired) electrons. The first-order valence-electron chi connectivity index (χ1n) is 9.92. The zero-order valence-electron chi connectivity index (χ0n) is 17.6. The number of quaternary nitrogens is 1. The Morgan fingerprint density at radius 2 is 1.73 bits per heavy atom. The van der Waals surface area contributed by atoms with Crippen molar-refractivity contribution in [2.24, 2.45) is 5.14 Å². The lowest BCUT2D eigenvalue weighted by Gasteiger charge is -2.33. The summed E-state index contributed by atoms with van der Waals surface area (Å²) in [7, 11) is -3.80. The number of fused-ring (bicyclic) bond motifs is 1. The zero-order chi connectivity index (χ0) is 22.3. The molecule has 0 aliphatic carbocycles. The predicted octanol–water partition coefficient (Wildman–Crippen LogP) is 3.13. The molecule has 0 unspecified atom stereocenters. The molecule has 2 N–H and O–H groups in total. The molecule has 2 aliphatic heterocycles. The maximum absolute atomic E-state index is 12.6. The standard InChI is InChI=1S/C20H27N4O3S3/c1-5-22-15-13-14(30(21,26)27)9-10-16(15)24(7-3,8-4)18(22)12-11-17-19(25)23(6-2)20(28)29-17/h9-13H,5-8H2,1-4H3,(H2,21,26,27)/q+1/b17-11-,18-12-. The molecule has 0 saturated carbocycles. The Kier molecular flexibility index (Phi) is 6.45. The van der Waals surface area contributed by atoms with Crippen molar-refractivity contribution in [3.63, 3.8) is 0 Å². The van der Waals surface area contributed by atoms with E-state index in [0.29, 0.717) is 26.8 Å². The van der Waals surface area contributed by atoms with Gasteiger partial charge in [0.2, 0.25) is 15.8 Å². The van der Waals surface area contributed by atoms with Gasteiger partial charge in [0.25, 0.3) is 5.91 Å². The van der Waals surface area contributed by atoms with Crippen molar-refractivity contribution in [2.45, 2.75) is 32.6 Å². The molecule has 2 heterocycles. The minimum absolute atomic E-state index is 0.0782. The van der Waals surface area contributed by atoms with Crippen molar-refractivity contribution in [3.05, 3.63) is 41.1 Å². The van der Waals surface area contributed by atoms with E-state index in [4.69, 9.17) is 17.4 Å². The first-order valence-corrected chi connectivity index (χ1v) is 12.7. The van der Waals surface area contributed by atoms with E-state index in [-0.39, 0.29) is 10.8 Å². The van der Waals surface area contributed by atoms with Crippen LogP contribution < -0.4 is 14.5 Å². The smallest absolute Gasteiger partial charge is 0.266 e. The Labute approximate surface area is 187 Å². The van der Waals surface area contributed by atoms with Crippen LogP contribution in [0.25, 0.3) is 0 Å². The molecule has 1 aromatic carbocycles. The van der Waals surface area contributed by atoms with Crippen LogP contribution in [-0.4, -0.2) is 49.7 Å². The maximum Gasteiger partial charge on any atom is 0.266 e. The van der Waals surface area contributed by atoms with Gasteiger partial charge in [-0.2, -0.15) is 0 Å². The molecule has 0 bridgehead atoms. The van der Waals surface area contributed by atoms with E-state index in [9.17, 15) is 13.2 Å². The number of benzene rings is 1. The molecule has 10 heteroatoms. The highest BCUT2D eigenvalue weighted by Crippen LogP contribution is 2.48. The van der Waals surface area contributed by atoms with Crippen LogP contribution in [0.5, 0.6) is 0 Å². The third-order valence-electron chi connectivity index (χ3n) is 5.71. The van der Waals surface area contributed by atoms with Crippen LogP contribution in [0.2, 0.25) is 0 Å². The fourth-order valence-corrected chi connectivity index (χ4v) is 5.99. The zero-order valence-corrected chi connectivity index (χ0v) is 20.0. The fraction of sp³-hybridized carbons (Fsp3) is 0.400.